The normalized spacial score (nSPS) is 11.8. The summed E-state index contributed by atoms with van der Waals surface area (Å²) in [5.74, 6) is 0. The third-order valence-corrected chi connectivity index (χ3v) is 3.48. The molecule has 0 radical (unpaired) electrons. The number of aromatic nitrogens is 4. The largest absolute Gasteiger partial charge is 0.283 e. The fraction of sp³-hybridized carbons (Fsp3) is 0.250. The van der Waals surface area contributed by atoms with E-state index in [1.807, 2.05) is 6.92 Å². The Morgan fingerprint density at radius 2 is 2.19 bits per heavy atom. The number of nitrogens with one attached hydrogen (secondary N) is 3. The number of aryl methyl sites for hydroxylation is 1. The molecule has 0 fully saturated rings. The van der Waals surface area contributed by atoms with Crippen LogP contribution in [0.25, 0.3) is 0 Å². The van der Waals surface area contributed by atoms with Gasteiger partial charge in [0.15, 0.2) is 5.03 Å². The predicted octanol–water partition coefficient (Wildman–Crippen LogP) is -0.0803. The number of rotatable bonds is 4. The third kappa shape index (κ3) is 2.12. The Labute approximate surface area is 92.3 Å². The molecular formula is C8H11N5O2S. The van der Waals surface area contributed by atoms with Crippen molar-refractivity contribution < 1.29 is 8.42 Å². The molecule has 7 nitrogen and oxygen atoms in total. The number of hydrogen-bond donors (Lipinski definition) is 3. The molecule has 86 valence electrons. The highest BCUT2D eigenvalue weighted by molar-refractivity contribution is 7.89. The van der Waals surface area contributed by atoms with Crippen LogP contribution in [0.2, 0.25) is 0 Å². The molecule has 2 rings (SSSR count). The topological polar surface area (TPSA) is 104 Å². The van der Waals surface area contributed by atoms with E-state index in [4.69, 9.17) is 0 Å². The molecule has 0 saturated carbocycles. The summed E-state index contributed by atoms with van der Waals surface area (Å²) in [5.41, 5.74) is 1.65. The molecule has 0 bridgehead atoms. The van der Waals surface area contributed by atoms with E-state index < -0.39 is 10.0 Å². The lowest BCUT2D eigenvalue weighted by Crippen LogP contribution is -2.23. The van der Waals surface area contributed by atoms with Crippen LogP contribution in [-0.4, -0.2) is 28.8 Å². The van der Waals surface area contributed by atoms with Crippen molar-refractivity contribution in [3.05, 3.63) is 29.7 Å². The molecule has 0 aliphatic rings. The van der Waals surface area contributed by atoms with Gasteiger partial charge in [0.2, 0.25) is 0 Å². The molecule has 0 aliphatic heterocycles. The summed E-state index contributed by atoms with van der Waals surface area (Å²) in [6.07, 6.45) is 2.97. The van der Waals surface area contributed by atoms with Crippen LogP contribution in [-0.2, 0) is 16.6 Å². The number of hydrogen-bond acceptors (Lipinski definition) is 4. The van der Waals surface area contributed by atoms with E-state index in [0.29, 0.717) is 0 Å². The van der Waals surface area contributed by atoms with E-state index in [0.717, 1.165) is 11.3 Å². The Bertz CT molecular complexity index is 557. The van der Waals surface area contributed by atoms with Gasteiger partial charge in [0.1, 0.15) is 0 Å². The van der Waals surface area contributed by atoms with E-state index in [1.54, 1.807) is 6.20 Å². The van der Waals surface area contributed by atoms with Gasteiger partial charge in [-0.1, -0.05) is 0 Å². The van der Waals surface area contributed by atoms with Gasteiger partial charge in [-0.2, -0.15) is 10.2 Å². The molecule has 16 heavy (non-hydrogen) atoms. The van der Waals surface area contributed by atoms with Crippen molar-refractivity contribution >= 4 is 10.0 Å². The van der Waals surface area contributed by atoms with E-state index in [2.05, 4.69) is 25.1 Å². The third-order valence-electron chi connectivity index (χ3n) is 2.15. The van der Waals surface area contributed by atoms with E-state index in [-0.39, 0.29) is 11.6 Å². The average molecular weight is 241 g/mol. The van der Waals surface area contributed by atoms with Gasteiger partial charge in [0.05, 0.1) is 12.4 Å². The second-order valence-corrected chi connectivity index (χ2v) is 5.00. The number of nitrogens with zero attached hydrogens (tertiary/aromatic N) is 2. The highest BCUT2D eigenvalue weighted by atomic mass is 32.2. The molecule has 2 heterocycles. The van der Waals surface area contributed by atoms with Crippen molar-refractivity contribution in [2.45, 2.75) is 18.5 Å². The molecule has 0 amide bonds. The lowest BCUT2D eigenvalue weighted by Gasteiger charge is -2.03. The Balaban J connectivity index is 2.09. The van der Waals surface area contributed by atoms with Crippen LogP contribution in [0.1, 0.15) is 11.3 Å². The average Bonchev–Trinajstić information content (AvgIpc) is 2.85. The van der Waals surface area contributed by atoms with Crippen molar-refractivity contribution in [3.8, 4) is 0 Å². The Morgan fingerprint density at radius 1 is 1.38 bits per heavy atom. The minimum atomic E-state index is -3.52. The lowest BCUT2D eigenvalue weighted by atomic mass is 10.3. The van der Waals surface area contributed by atoms with Crippen LogP contribution in [0.15, 0.2) is 23.5 Å². The number of sulfonamides is 1. The first-order chi connectivity index (χ1) is 7.59. The molecule has 0 saturated heterocycles. The fourth-order valence-electron chi connectivity index (χ4n) is 1.20. The van der Waals surface area contributed by atoms with Crippen molar-refractivity contribution in [2.24, 2.45) is 0 Å². The first kappa shape index (κ1) is 10.8. The molecule has 0 aliphatic carbocycles. The van der Waals surface area contributed by atoms with E-state index >= 15 is 0 Å². The monoisotopic (exact) mass is 241 g/mol. The molecule has 3 N–H and O–H groups in total. The molecule has 2 aromatic rings. The minimum absolute atomic E-state index is 0.0497. The molecule has 2 aromatic heterocycles. The Hall–Kier alpha value is -1.67. The summed E-state index contributed by atoms with van der Waals surface area (Å²) in [5, 5.41) is 12.6. The van der Waals surface area contributed by atoms with E-state index in [9.17, 15) is 8.42 Å². The van der Waals surface area contributed by atoms with Crippen LogP contribution in [0, 0.1) is 6.92 Å². The fourth-order valence-corrected chi connectivity index (χ4v) is 2.11. The highest BCUT2D eigenvalue weighted by Gasteiger charge is 2.15. The van der Waals surface area contributed by atoms with Crippen molar-refractivity contribution in [3.63, 3.8) is 0 Å². The van der Waals surface area contributed by atoms with Gasteiger partial charge in [-0.25, -0.2) is 13.1 Å². The maximum absolute atomic E-state index is 11.7. The summed E-state index contributed by atoms with van der Waals surface area (Å²) in [6, 6.07) is 1.39. The molecule has 0 spiro atoms. The molecule has 0 aromatic carbocycles. The van der Waals surface area contributed by atoms with Gasteiger partial charge < -0.3 is 0 Å². The van der Waals surface area contributed by atoms with Crippen molar-refractivity contribution in [2.75, 3.05) is 0 Å². The SMILES string of the molecule is Cc1[nH]ncc1CNS(=O)(=O)c1ccn[nH]1. The van der Waals surface area contributed by atoms with Crippen molar-refractivity contribution in [1.29, 1.82) is 0 Å². The maximum atomic E-state index is 11.7. The molecular weight excluding hydrogens is 230 g/mol. The second kappa shape index (κ2) is 4.06. The first-order valence-corrected chi connectivity index (χ1v) is 6.06. The van der Waals surface area contributed by atoms with Gasteiger partial charge in [0.25, 0.3) is 10.0 Å². The zero-order valence-electron chi connectivity index (χ0n) is 8.56. The quantitative estimate of drug-likeness (QED) is 0.696. The lowest BCUT2D eigenvalue weighted by molar-refractivity contribution is 0.577. The Kier molecular flexibility index (Phi) is 2.75. The van der Waals surface area contributed by atoms with Gasteiger partial charge in [-0.3, -0.25) is 10.2 Å². The molecule has 0 unspecified atom stereocenters. The van der Waals surface area contributed by atoms with Gasteiger partial charge in [-0.15, -0.1) is 0 Å². The highest BCUT2D eigenvalue weighted by Crippen LogP contribution is 2.06. The summed E-state index contributed by atoms with van der Waals surface area (Å²) in [4.78, 5) is 0. The molecule has 8 heteroatoms. The minimum Gasteiger partial charge on any atom is -0.283 e. The smallest absolute Gasteiger partial charge is 0.257 e. The molecule has 0 atom stereocenters. The summed E-state index contributed by atoms with van der Waals surface area (Å²) in [6.45, 7) is 2.02. The first-order valence-electron chi connectivity index (χ1n) is 4.57. The van der Waals surface area contributed by atoms with E-state index in [1.165, 1.54) is 12.3 Å². The van der Waals surface area contributed by atoms with Crippen molar-refractivity contribution in [1.82, 2.24) is 25.1 Å². The summed E-state index contributed by atoms with van der Waals surface area (Å²) < 4.78 is 25.8. The van der Waals surface area contributed by atoms with Crippen LogP contribution in [0.3, 0.4) is 0 Å². The number of H-pyrrole nitrogens is 2. The van der Waals surface area contributed by atoms with Crippen LogP contribution < -0.4 is 4.72 Å². The standard InChI is InChI=1S/C8H11N5O2S/c1-6-7(4-10-12-6)5-11-16(14,15)8-2-3-9-13-8/h2-4,11H,5H2,1H3,(H,9,13)(H,10,12). The maximum Gasteiger partial charge on any atom is 0.257 e. The summed E-state index contributed by atoms with van der Waals surface area (Å²) >= 11 is 0. The predicted molar refractivity (Wildman–Crippen MR) is 55.9 cm³/mol. The van der Waals surface area contributed by atoms with Gasteiger partial charge in [0, 0.05) is 17.8 Å². The summed E-state index contributed by atoms with van der Waals surface area (Å²) in [7, 11) is -3.52. The zero-order valence-corrected chi connectivity index (χ0v) is 9.37. The van der Waals surface area contributed by atoms with Gasteiger partial charge >= 0.3 is 0 Å². The Morgan fingerprint density at radius 3 is 2.75 bits per heavy atom. The van der Waals surface area contributed by atoms with Gasteiger partial charge in [-0.05, 0) is 13.0 Å². The van der Waals surface area contributed by atoms with Crippen LogP contribution >= 0.6 is 0 Å². The second-order valence-electron chi connectivity index (χ2n) is 3.27. The zero-order chi connectivity index (χ0) is 11.6. The van der Waals surface area contributed by atoms with Crippen LogP contribution in [0.4, 0.5) is 0 Å². The van der Waals surface area contributed by atoms with Crippen LogP contribution in [0.5, 0.6) is 0 Å². The number of aromatic amines is 2.